The monoisotopic (exact) mass is 199 g/mol. The molecule has 0 bridgehead atoms. The third-order valence-electron chi connectivity index (χ3n) is 2.80. The first-order valence-electron chi connectivity index (χ1n) is 5.56. The van der Waals surface area contributed by atoms with Gasteiger partial charge in [0.05, 0.1) is 6.54 Å². The Hall–Kier alpha value is -0.370. The predicted molar refractivity (Wildman–Crippen MR) is 61.5 cm³/mol. The summed E-state index contributed by atoms with van der Waals surface area (Å²) in [6.07, 6.45) is 2.23. The van der Waals surface area contributed by atoms with Crippen LogP contribution in [-0.4, -0.2) is 30.3 Å². The number of carbonyl (C=O) groups is 1. The van der Waals surface area contributed by atoms with Crippen molar-refractivity contribution in [3.63, 3.8) is 0 Å². The van der Waals surface area contributed by atoms with Crippen molar-refractivity contribution >= 4 is 5.78 Å². The van der Waals surface area contributed by atoms with Gasteiger partial charge in [-0.15, -0.1) is 0 Å². The van der Waals surface area contributed by atoms with E-state index in [9.17, 15) is 4.79 Å². The van der Waals surface area contributed by atoms with Crippen LogP contribution in [0.2, 0.25) is 0 Å². The second-order valence-electron chi connectivity index (χ2n) is 5.06. The van der Waals surface area contributed by atoms with E-state index in [0.717, 1.165) is 12.8 Å². The summed E-state index contributed by atoms with van der Waals surface area (Å²) in [5, 5.41) is 0. The lowest BCUT2D eigenvalue weighted by Gasteiger charge is -2.28. The highest BCUT2D eigenvalue weighted by Gasteiger charge is 2.23. The summed E-state index contributed by atoms with van der Waals surface area (Å²) >= 11 is 0. The SMILES string of the molecule is CCC(CC)N(C)CC(=O)C(C)(C)C. The molecular weight excluding hydrogens is 174 g/mol. The Labute approximate surface area is 88.7 Å². The molecule has 2 heteroatoms. The maximum atomic E-state index is 11.8. The Morgan fingerprint density at radius 1 is 1.21 bits per heavy atom. The van der Waals surface area contributed by atoms with Crippen LogP contribution in [0.15, 0.2) is 0 Å². The standard InChI is InChI=1S/C12H25NO/c1-7-10(8-2)13(6)9-11(14)12(3,4)5/h10H,7-9H2,1-6H3. The fraction of sp³-hybridized carbons (Fsp3) is 0.917. The molecule has 0 aliphatic rings. The van der Waals surface area contributed by atoms with E-state index in [0.29, 0.717) is 18.4 Å². The lowest BCUT2D eigenvalue weighted by Crippen LogP contribution is -2.39. The van der Waals surface area contributed by atoms with Gasteiger partial charge in [0, 0.05) is 11.5 Å². The Morgan fingerprint density at radius 3 is 1.93 bits per heavy atom. The first-order valence-corrected chi connectivity index (χ1v) is 5.56. The Bertz CT molecular complexity index is 177. The third kappa shape index (κ3) is 4.23. The topological polar surface area (TPSA) is 20.3 Å². The highest BCUT2D eigenvalue weighted by atomic mass is 16.1. The quantitative estimate of drug-likeness (QED) is 0.678. The van der Waals surface area contributed by atoms with E-state index in [1.165, 1.54) is 0 Å². The van der Waals surface area contributed by atoms with Crippen molar-refractivity contribution in [2.45, 2.75) is 53.5 Å². The molecule has 0 saturated carbocycles. The second kappa shape index (κ2) is 5.50. The van der Waals surface area contributed by atoms with Gasteiger partial charge in [0.1, 0.15) is 0 Å². The molecule has 0 aliphatic heterocycles. The van der Waals surface area contributed by atoms with Crippen molar-refractivity contribution in [1.82, 2.24) is 4.90 Å². The molecule has 0 aromatic heterocycles. The lowest BCUT2D eigenvalue weighted by atomic mass is 9.90. The van der Waals surface area contributed by atoms with Crippen LogP contribution in [0.25, 0.3) is 0 Å². The van der Waals surface area contributed by atoms with Gasteiger partial charge in [-0.25, -0.2) is 0 Å². The fourth-order valence-corrected chi connectivity index (χ4v) is 1.50. The van der Waals surface area contributed by atoms with E-state index in [-0.39, 0.29) is 5.41 Å². The summed E-state index contributed by atoms with van der Waals surface area (Å²) in [7, 11) is 2.04. The number of Topliss-reactive ketones (excluding diaryl/α,β-unsaturated/α-hetero) is 1. The average Bonchev–Trinajstić information content (AvgIpc) is 2.04. The summed E-state index contributed by atoms with van der Waals surface area (Å²) in [5.41, 5.74) is -0.208. The molecule has 0 radical (unpaired) electrons. The number of carbonyl (C=O) groups excluding carboxylic acids is 1. The highest BCUT2D eigenvalue weighted by molar-refractivity contribution is 5.85. The van der Waals surface area contributed by atoms with Crippen molar-refractivity contribution in [1.29, 1.82) is 0 Å². The molecule has 0 fully saturated rings. The van der Waals surface area contributed by atoms with Crippen LogP contribution in [0.4, 0.5) is 0 Å². The zero-order valence-corrected chi connectivity index (χ0v) is 10.6. The molecule has 0 atom stereocenters. The van der Waals surface area contributed by atoms with Crippen LogP contribution in [0.5, 0.6) is 0 Å². The summed E-state index contributed by atoms with van der Waals surface area (Å²) in [5.74, 6) is 0.326. The minimum absolute atomic E-state index is 0.208. The van der Waals surface area contributed by atoms with E-state index in [1.807, 2.05) is 27.8 Å². The number of rotatable bonds is 5. The summed E-state index contributed by atoms with van der Waals surface area (Å²) in [6, 6.07) is 0.543. The molecule has 0 aromatic rings. The van der Waals surface area contributed by atoms with Gasteiger partial charge >= 0.3 is 0 Å². The number of likely N-dealkylation sites (N-methyl/N-ethyl adjacent to an activating group) is 1. The maximum absolute atomic E-state index is 11.8. The van der Waals surface area contributed by atoms with Crippen LogP contribution in [0.3, 0.4) is 0 Å². The molecule has 14 heavy (non-hydrogen) atoms. The predicted octanol–water partition coefficient (Wildman–Crippen LogP) is 2.72. The van der Waals surface area contributed by atoms with Crippen LogP contribution in [0.1, 0.15) is 47.5 Å². The summed E-state index contributed by atoms with van der Waals surface area (Å²) in [6.45, 7) is 10.9. The van der Waals surface area contributed by atoms with Crippen molar-refractivity contribution in [2.75, 3.05) is 13.6 Å². The minimum Gasteiger partial charge on any atom is -0.298 e. The minimum atomic E-state index is -0.208. The van der Waals surface area contributed by atoms with E-state index < -0.39 is 0 Å². The maximum Gasteiger partial charge on any atom is 0.152 e. The molecule has 2 nitrogen and oxygen atoms in total. The van der Waals surface area contributed by atoms with Gasteiger partial charge in [-0.3, -0.25) is 9.69 Å². The summed E-state index contributed by atoms with van der Waals surface area (Å²) in [4.78, 5) is 13.9. The molecule has 0 saturated heterocycles. The number of hydrogen-bond acceptors (Lipinski definition) is 2. The van der Waals surface area contributed by atoms with Crippen LogP contribution >= 0.6 is 0 Å². The molecule has 84 valence electrons. The molecule has 0 N–H and O–H groups in total. The second-order valence-corrected chi connectivity index (χ2v) is 5.06. The molecular formula is C12H25NO. The zero-order chi connectivity index (χ0) is 11.4. The van der Waals surface area contributed by atoms with Gasteiger partial charge in [-0.1, -0.05) is 34.6 Å². The molecule has 0 unspecified atom stereocenters. The Kier molecular flexibility index (Phi) is 5.35. The molecule has 0 aromatic carbocycles. The number of hydrogen-bond donors (Lipinski definition) is 0. The van der Waals surface area contributed by atoms with Crippen LogP contribution in [-0.2, 0) is 4.79 Å². The lowest BCUT2D eigenvalue weighted by molar-refractivity contribution is -0.127. The summed E-state index contributed by atoms with van der Waals surface area (Å²) < 4.78 is 0. The molecule has 0 rings (SSSR count). The van der Waals surface area contributed by atoms with E-state index >= 15 is 0 Å². The Morgan fingerprint density at radius 2 is 1.64 bits per heavy atom. The fourth-order valence-electron chi connectivity index (χ4n) is 1.50. The van der Waals surface area contributed by atoms with Crippen molar-refractivity contribution < 1.29 is 4.79 Å². The van der Waals surface area contributed by atoms with Gasteiger partial charge in [0.15, 0.2) is 5.78 Å². The van der Waals surface area contributed by atoms with Gasteiger partial charge in [-0.2, -0.15) is 0 Å². The number of nitrogens with zero attached hydrogens (tertiary/aromatic N) is 1. The number of ketones is 1. The van der Waals surface area contributed by atoms with E-state index in [1.54, 1.807) is 0 Å². The first-order chi connectivity index (χ1) is 6.32. The molecule has 0 spiro atoms. The van der Waals surface area contributed by atoms with Crippen LogP contribution < -0.4 is 0 Å². The van der Waals surface area contributed by atoms with Crippen LogP contribution in [0, 0.1) is 5.41 Å². The van der Waals surface area contributed by atoms with E-state index in [4.69, 9.17) is 0 Å². The molecule has 0 aliphatic carbocycles. The van der Waals surface area contributed by atoms with Gasteiger partial charge in [-0.05, 0) is 19.9 Å². The van der Waals surface area contributed by atoms with Gasteiger partial charge in [0.2, 0.25) is 0 Å². The van der Waals surface area contributed by atoms with Crippen molar-refractivity contribution in [2.24, 2.45) is 5.41 Å². The Balaban J connectivity index is 4.18. The largest absolute Gasteiger partial charge is 0.298 e. The van der Waals surface area contributed by atoms with Crippen molar-refractivity contribution in [3.8, 4) is 0 Å². The first kappa shape index (κ1) is 13.6. The third-order valence-corrected chi connectivity index (χ3v) is 2.80. The van der Waals surface area contributed by atoms with Gasteiger partial charge < -0.3 is 0 Å². The highest BCUT2D eigenvalue weighted by Crippen LogP contribution is 2.16. The van der Waals surface area contributed by atoms with Gasteiger partial charge in [0.25, 0.3) is 0 Å². The van der Waals surface area contributed by atoms with Crippen molar-refractivity contribution in [3.05, 3.63) is 0 Å². The normalized spacial score (nSPS) is 12.6. The van der Waals surface area contributed by atoms with E-state index in [2.05, 4.69) is 18.7 Å². The molecule has 0 amide bonds. The smallest absolute Gasteiger partial charge is 0.152 e. The average molecular weight is 199 g/mol. The molecule has 0 heterocycles. The zero-order valence-electron chi connectivity index (χ0n) is 10.6.